The fourth-order valence-electron chi connectivity index (χ4n) is 4.69. The lowest BCUT2D eigenvalue weighted by molar-refractivity contribution is 0.212. The van der Waals surface area contributed by atoms with E-state index in [1.54, 1.807) is 13.4 Å². The van der Waals surface area contributed by atoms with Crippen LogP contribution in [0.25, 0.3) is 0 Å². The first-order valence-corrected chi connectivity index (χ1v) is 11.8. The highest BCUT2D eigenvalue weighted by molar-refractivity contribution is 5.79. The first kappa shape index (κ1) is 22.7. The van der Waals surface area contributed by atoms with E-state index in [0.29, 0.717) is 11.5 Å². The summed E-state index contributed by atoms with van der Waals surface area (Å²) in [4.78, 5) is 13.7. The minimum atomic E-state index is 0.213. The Balaban J connectivity index is 1.34. The number of ether oxygens (including phenoxy) is 1. The Hall–Kier alpha value is -4.10. The van der Waals surface area contributed by atoms with E-state index < -0.39 is 0 Å². The molecule has 0 amide bonds. The zero-order valence-corrected chi connectivity index (χ0v) is 19.8. The zero-order valence-electron chi connectivity index (χ0n) is 19.8. The van der Waals surface area contributed by atoms with E-state index in [1.807, 2.05) is 24.3 Å². The number of aromatic nitrogens is 2. The van der Waals surface area contributed by atoms with Gasteiger partial charge in [0.05, 0.1) is 18.8 Å². The molecule has 0 radical (unpaired) electrons. The van der Waals surface area contributed by atoms with Gasteiger partial charge < -0.3 is 20.7 Å². The minimum Gasteiger partial charge on any atom is -0.495 e. The number of nitrogens with one attached hydrogen (secondary N) is 1. The van der Waals surface area contributed by atoms with Gasteiger partial charge in [-0.2, -0.15) is 0 Å². The lowest BCUT2D eigenvalue weighted by Crippen LogP contribution is -2.48. The van der Waals surface area contributed by atoms with Gasteiger partial charge in [-0.1, -0.05) is 72.8 Å². The Bertz CT molecular complexity index is 1200. The molecular weight excluding hydrogens is 436 g/mol. The summed E-state index contributed by atoms with van der Waals surface area (Å²) in [5.41, 5.74) is 10.5. The summed E-state index contributed by atoms with van der Waals surface area (Å²) in [7, 11) is 1.65. The second-order valence-corrected chi connectivity index (χ2v) is 8.53. The number of para-hydroxylation sites is 2. The largest absolute Gasteiger partial charge is 0.495 e. The van der Waals surface area contributed by atoms with Crippen molar-refractivity contribution in [2.75, 3.05) is 49.2 Å². The Morgan fingerprint density at radius 2 is 1.40 bits per heavy atom. The standard InChI is InChI=1S/C28H30N6O/c1-35-24-15-9-8-14-23(24)32-27-25(29)28(31-20-30-27)34-18-16-33(17-19-34)26(21-10-4-2-5-11-21)22-12-6-3-7-13-22/h2-15,20,26H,16-19,29H2,1H3,(H,30,31,32). The van der Waals surface area contributed by atoms with Crippen molar-refractivity contribution < 1.29 is 4.74 Å². The number of methoxy groups -OCH3 is 1. The number of nitrogens with two attached hydrogens (primary N) is 1. The van der Waals surface area contributed by atoms with Gasteiger partial charge in [-0.15, -0.1) is 0 Å². The fraction of sp³-hybridized carbons (Fsp3) is 0.214. The van der Waals surface area contributed by atoms with Crippen LogP contribution in [0.2, 0.25) is 0 Å². The Morgan fingerprint density at radius 1 is 0.800 bits per heavy atom. The molecule has 3 N–H and O–H groups in total. The average molecular weight is 467 g/mol. The molecule has 2 heterocycles. The summed E-state index contributed by atoms with van der Waals surface area (Å²) in [5.74, 6) is 2.06. The number of anilines is 4. The molecule has 1 fully saturated rings. The molecule has 1 aromatic heterocycles. The van der Waals surface area contributed by atoms with Crippen molar-refractivity contribution in [2.45, 2.75) is 6.04 Å². The average Bonchev–Trinajstić information content (AvgIpc) is 2.92. The second-order valence-electron chi connectivity index (χ2n) is 8.53. The lowest BCUT2D eigenvalue weighted by Gasteiger charge is -2.40. The molecule has 1 aliphatic heterocycles. The van der Waals surface area contributed by atoms with Crippen molar-refractivity contribution in [1.29, 1.82) is 0 Å². The van der Waals surface area contributed by atoms with Crippen LogP contribution in [0.3, 0.4) is 0 Å². The normalized spacial score (nSPS) is 14.2. The summed E-state index contributed by atoms with van der Waals surface area (Å²) in [6.45, 7) is 3.44. The summed E-state index contributed by atoms with van der Waals surface area (Å²) in [6.07, 6.45) is 1.56. The quantitative estimate of drug-likeness (QED) is 0.408. The van der Waals surface area contributed by atoms with Gasteiger partial charge in [-0.3, -0.25) is 4.90 Å². The van der Waals surface area contributed by atoms with Crippen LogP contribution < -0.4 is 20.7 Å². The number of hydrogen-bond donors (Lipinski definition) is 2. The molecule has 3 aromatic carbocycles. The second kappa shape index (κ2) is 10.4. The molecule has 1 aliphatic rings. The van der Waals surface area contributed by atoms with E-state index >= 15 is 0 Å². The van der Waals surface area contributed by atoms with Crippen LogP contribution >= 0.6 is 0 Å². The number of rotatable bonds is 7. The van der Waals surface area contributed by atoms with Crippen molar-refractivity contribution >= 4 is 23.0 Å². The van der Waals surface area contributed by atoms with E-state index in [-0.39, 0.29) is 6.04 Å². The fourth-order valence-corrected chi connectivity index (χ4v) is 4.69. The highest BCUT2D eigenvalue weighted by Crippen LogP contribution is 2.34. The van der Waals surface area contributed by atoms with Gasteiger partial charge in [0.2, 0.25) is 0 Å². The summed E-state index contributed by atoms with van der Waals surface area (Å²) >= 11 is 0. The predicted octanol–water partition coefficient (Wildman–Crippen LogP) is 4.72. The molecule has 5 rings (SSSR count). The number of nitrogens with zero attached hydrogens (tertiary/aromatic N) is 4. The van der Waals surface area contributed by atoms with Gasteiger partial charge in [0.15, 0.2) is 11.6 Å². The van der Waals surface area contributed by atoms with Crippen LogP contribution in [-0.2, 0) is 0 Å². The summed E-state index contributed by atoms with van der Waals surface area (Å²) in [5, 5.41) is 3.30. The highest BCUT2D eigenvalue weighted by atomic mass is 16.5. The molecule has 0 saturated carbocycles. The van der Waals surface area contributed by atoms with Crippen molar-refractivity contribution in [1.82, 2.24) is 14.9 Å². The third kappa shape index (κ3) is 4.90. The smallest absolute Gasteiger partial charge is 0.159 e. The summed E-state index contributed by atoms with van der Waals surface area (Å²) < 4.78 is 5.45. The molecule has 0 spiro atoms. The number of nitrogen functional groups attached to an aromatic ring is 1. The van der Waals surface area contributed by atoms with E-state index in [4.69, 9.17) is 10.5 Å². The molecule has 0 aliphatic carbocycles. The monoisotopic (exact) mass is 466 g/mol. The van der Waals surface area contributed by atoms with Crippen molar-refractivity contribution in [3.05, 3.63) is 102 Å². The van der Waals surface area contributed by atoms with Crippen LogP contribution in [0, 0.1) is 0 Å². The third-order valence-electron chi connectivity index (χ3n) is 6.43. The Morgan fingerprint density at radius 3 is 2.03 bits per heavy atom. The van der Waals surface area contributed by atoms with Gasteiger partial charge in [0.25, 0.3) is 0 Å². The maximum atomic E-state index is 6.55. The molecule has 0 unspecified atom stereocenters. The highest BCUT2D eigenvalue weighted by Gasteiger charge is 2.28. The number of hydrogen-bond acceptors (Lipinski definition) is 7. The van der Waals surface area contributed by atoms with Crippen LogP contribution in [0.1, 0.15) is 17.2 Å². The molecule has 178 valence electrons. The minimum absolute atomic E-state index is 0.213. The van der Waals surface area contributed by atoms with Crippen LogP contribution in [0.15, 0.2) is 91.3 Å². The van der Waals surface area contributed by atoms with Gasteiger partial charge in [0, 0.05) is 26.2 Å². The first-order chi connectivity index (χ1) is 17.2. The first-order valence-electron chi connectivity index (χ1n) is 11.8. The van der Waals surface area contributed by atoms with E-state index in [9.17, 15) is 0 Å². The molecular formula is C28H30N6O. The van der Waals surface area contributed by atoms with Crippen molar-refractivity contribution in [3.8, 4) is 5.75 Å². The van der Waals surface area contributed by atoms with E-state index in [1.165, 1.54) is 11.1 Å². The van der Waals surface area contributed by atoms with Gasteiger partial charge >= 0.3 is 0 Å². The SMILES string of the molecule is COc1ccccc1Nc1ncnc(N2CCN(C(c3ccccc3)c3ccccc3)CC2)c1N. The maximum absolute atomic E-state index is 6.55. The number of benzene rings is 3. The Labute approximate surface area is 206 Å². The predicted molar refractivity (Wildman–Crippen MR) is 141 cm³/mol. The van der Waals surface area contributed by atoms with Crippen LogP contribution in [0.5, 0.6) is 5.75 Å². The molecule has 0 bridgehead atoms. The lowest BCUT2D eigenvalue weighted by atomic mass is 9.96. The number of piperazine rings is 1. The molecule has 0 atom stereocenters. The van der Waals surface area contributed by atoms with Crippen LogP contribution in [0.4, 0.5) is 23.0 Å². The molecule has 35 heavy (non-hydrogen) atoms. The van der Waals surface area contributed by atoms with Crippen molar-refractivity contribution in [2.24, 2.45) is 0 Å². The third-order valence-corrected chi connectivity index (χ3v) is 6.43. The summed E-state index contributed by atoms with van der Waals surface area (Å²) in [6, 6.07) is 29.3. The van der Waals surface area contributed by atoms with Gasteiger partial charge in [-0.25, -0.2) is 9.97 Å². The molecule has 7 heteroatoms. The van der Waals surface area contributed by atoms with E-state index in [2.05, 4.69) is 85.7 Å². The molecule has 4 aromatic rings. The van der Waals surface area contributed by atoms with Gasteiger partial charge in [-0.05, 0) is 23.3 Å². The molecule has 1 saturated heterocycles. The van der Waals surface area contributed by atoms with Crippen LogP contribution in [-0.4, -0.2) is 48.2 Å². The van der Waals surface area contributed by atoms with Crippen molar-refractivity contribution in [3.63, 3.8) is 0 Å². The van der Waals surface area contributed by atoms with Gasteiger partial charge in [0.1, 0.15) is 17.8 Å². The molecule has 7 nitrogen and oxygen atoms in total. The topological polar surface area (TPSA) is 79.5 Å². The maximum Gasteiger partial charge on any atom is 0.159 e. The Kier molecular flexibility index (Phi) is 6.77. The zero-order chi connectivity index (χ0) is 24.0. The van der Waals surface area contributed by atoms with E-state index in [0.717, 1.165) is 43.4 Å².